The van der Waals surface area contributed by atoms with Gasteiger partial charge in [0.25, 0.3) is 5.91 Å². The molecule has 1 unspecified atom stereocenters. The number of nitrogens with one attached hydrogen (secondary N) is 2. The molecule has 1 aliphatic carbocycles. The number of nitrogens with zero attached hydrogens (tertiary/aromatic N) is 2. The number of hydrogen-bond acceptors (Lipinski definition) is 5. The Morgan fingerprint density at radius 2 is 2.19 bits per heavy atom. The monoisotopic (exact) mass is 489 g/mol. The molecule has 0 spiro atoms. The van der Waals surface area contributed by atoms with Gasteiger partial charge in [-0.3, -0.25) is 9.69 Å². The first-order valence-electron chi connectivity index (χ1n) is 13.1. The molecule has 2 atom stereocenters. The van der Waals surface area contributed by atoms with Crippen LogP contribution in [0.5, 0.6) is 0 Å². The Morgan fingerprint density at radius 3 is 2.97 bits per heavy atom. The quantitative estimate of drug-likeness (QED) is 0.224. The number of carbonyl (C=O) groups is 1. The molecule has 192 valence electrons. The minimum atomic E-state index is -0.0361. The normalized spacial score (nSPS) is 17.8. The van der Waals surface area contributed by atoms with Gasteiger partial charge in [-0.25, -0.2) is 4.98 Å². The molecule has 1 saturated carbocycles. The predicted molar refractivity (Wildman–Crippen MR) is 146 cm³/mol. The summed E-state index contributed by atoms with van der Waals surface area (Å²) >= 11 is 0. The number of amides is 1. The third-order valence-electron chi connectivity index (χ3n) is 7.31. The number of nitrogens with two attached hydrogens (primary N) is 1. The molecule has 1 fully saturated rings. The first-order valence-corrected chi connectivity index (χ1v) is 13.1. The predicted octanol–water partition coefficient (Wildman–Crippen LogP) is 4.31. The minimum Gasteiger partial charge on any atom is -0.395 e. The van der Waals surface area contributed by atoms with Crippen molar-refractivity contribution in [2.75, 3.05) is 32.0 Å². The van der Waals surface area contributed by atoms with Crippen molar-refractivity contribution < 1.29 is 9.90 Å². The van der Waals surface area contributed by atoms with Crippen LogP contribution in [0, 0.1) is 5.92 Å². The fourth-order valence-corrected chi connectivity index (χ4v) is 4.99. The summed E-state index contributed by atoms with van der Waals surface area (Å²) in [5.41, 5.74) is 9.97. The number of para-hydroxylation sites is 1. The van der Waals surface area contributed by atoms with Gasteiger partial charge in [-0.05, 0) is 75.1 Å². The zero-order valence-electron chi connectivity index (χ0n) is 21.2. The van der Waals surface area contributed by atoms with E-state index in [2.05, 4.69) is 33.2 Å². The smallest absolute Gasteiger partial charge is 0.267 e. The van der Waals surface area contributed by atoms with Crippen LogP contribution in [-0.4, -0.2) is 58.2 Å². The summed E-state index contributed by atoms with van der Waals surface area (Å²) in [6.07, 6.45) is 10.7. The van der Waals surface area contributed by atoms with Crippen LogP contribution in [0.1, 0.15) is 55.1 Å². The van der Waals surface area contributed by atoms with Gasteiger partial charge in [0.15, 0.2) is 0 Å². The number of fused-ring (bicyclic) bond motifs is 1. The molecule has 1 aromatic carbocycles. The fraction of sp³-hybridized carbons (Fsp3) is 0.448. The minimum absolute atomic E-state index is 0.0361. The van der Waals surface area contributed by atoms with E-state index in [-0.39, 0.29) is 18.6 Å². The SMILES string of the molecule is C[C@@H](CO)N(C/C=C1\CCC(CCCNC(=O)c2cc3ccccc3[nH]2)C1)CCc1ccc(N)nc1. The number of H-pyrrole nitrogens is 1. The number of anilines is 1. The number of allylic oxidation sites excluding steroid dienone is 1. The molecule has 2 heterocycles. The Labute approximate surface area is 213 Å². The fourth-order valence-electron chi connectivity index (χ4n) is 4.99. The summed E-state index contributed by atoms with van der Waals surface area (Å²) in [6.45, 7) is 4.65. The maximum atomic E-state index is 12.5. The highest BCUT2D eigenvalue weighted by molar-refractivity contribution is 5.97. The Kier molecular flexibility index (Phi) is 9.14. The second-order valence-corrected chi connectivity index (χ2v) is 10.0. The lowest BCUT2D eigenvalue weighted by molar-refractivity contribution is 0.0948. The third kappa shape index (κ3) is 7.18. The van der Waals surface area contributed by atoms with Crippen molar-refractivity contribution in [1.29, 1.82) is 0 Å². The van der Waals surface area contributed by atoms with Crippen LogP contribution < -0.4 is 11.1 Å². The molecule has 4 rings (SSSR count). The number of carbonyl (C=O) groups excluding carboxylic acids is 1. The van der Waals surface area contributed by atoms with Gasteiger partial charge in [0.1, 0.15) is 11.5 Å². The molecule has 1 aliphatic rings. The van der Waals surface area contributed by atoms with Crippen LogP contribution >= 0.6 is 0 Å². The average molecular weight is 490 g/mol. The molecule has 7 heteroatoms. The van der Waals surface area contributed by atoms with Crippen LogP contribution in [0.2, 0.25) is 0 Å². The lowest BCUT2D eigenvalue weighted by Crippen LogP contribution is -2.37. The summed E-state index contributed by atoms with van der Waals surface area (Å²) in [6, 6.07) is 13.8. The number of hydrogen-bond donors (Lipinski definition) is 4. The topological polar surface area (TPSA) is 107 Å². The van der Waals surface area contributed by atoms with Crippen molar-refractivity contribution in [2.45, 2.75) is 51.5 Å². The highest BCUT2D eigenvalue weighted by Gasteiger charge is 2.20. The van der Waals surface area contributed by atoms with Crippen molar-refractivity contribution in [2.24, 2.45) is 5.92 Å². The molecule has 5 N–H and O–H groups in total. The van der Waals surface area contributed by atoms with Crippen LogP contribution in [-0.2, 0) is 6.42 Å². The lowest BCUT2D eigenvalue weighted by Gasteiger charge is -2.27. The molecule has 0 saturated heterocycles. The van der Waals surface area contributed by atoms with E-state index in [9.17, 15) is 9.90 Å². The number of nitrogen functional groups attached to an aromatic ring is 1. The molecule has 3 aromatic rings. The Morgan fingerprint density at radius 1 is 1.33 bits per heavy atom. The highest BCUT2D eigenvalue weighted by atomic mass is 16.3. The lowest BCUT2D eigenvalue weighted by atomic mass is 10.0. The summed E-state index contributed by atoms with van der Waals surface area (Å²) in [5.74, 6) is 1.19. The van der Waals surface area contributed by atoms with E-state index in [1.54, 1.807) is 0 Å². The van der Waals surface area contributed by atoms with Crippen molar-refractivity contribution in [3.63, 3.8) is 0 Å². The number of pyridine rings is 1. The van der Waals surface area contributed by atoms with E-state index in [1.807, 2.05) is 48.7 Å². The average Bonchev–Trinajstić information content (AvgIpc) is 3.54. The maximum Gasteiger partial charge on any atom is 0.267 e. The molecule has 0 aliphatic heterocycles. The van der Waals surface area contributed by atoms with Gasteiger partial charge in [-0.15, -0.1) is 0 Å². The molecular formula is C29H39N5O2. The summed E-state index contributed by atoms with van der Waals surface area (Å²) in [7, 11) is 0. The van der Waals surface area contributed by atoms with E-state index in [4.69, 9.17) is 5.73 Å². The number of benzene rings is 1. The number of aliphatic hydroxyl groups excluding tert-OH is 1. The van der Waals surface area contributed by atoms with Crippen molar-refractivity contribution >= 4 is 22.6 Å². The van der Waals surface area contributed by atoms with Gasteiger partial charge in [0.05, 0.1) is 6.61 Å². The first kappa shape index (κ1) is 25.9. The van der Waals surface area contributed by atoms with Crippen molar-refractivity contribution in [3.8, 4) is 0 Å². The number of rotatable bonds is 12. The molecule has 1 amide bonds. The number of aromatic amines is 1. The van der Waals surface area contributed by atoms with Gasteiger partial charge < -0.3 is 21.1 Å². The molecular weight excluding hydrogens is 450 g/mol. The van der Waals surface area contributed by atoms with E-state index >= 15 is 0 Å². The Hall–Kier alpha value is -3.16. The van der Waals surface area contributed by atoms with Crippen LogP contribution in [0.3, 0.4) is 0 Å². The standard InChI is InChI=1S/C29H39N5O2/c1-21(20-35)34(16-13-24-10-11-28(30)32-19-24)15-12-23-9-8-22(17-23)5-4-14-31-29(36)27-18-25-6-2-3-7-26(25)33-27/h2-3,6-7,10-12,18-19,21-22,33,35H,4-5,8-9,13-17,20H2,1H3,(H2,30,32)(H,31,36)/b23-12+/t21-,22?/m0/s1. The number of aliphatic hydroxyl groups is 1. The second-order valence-electron chi connectivity index (χ2n) is 10.0. The molecule has 0 bridgehead atoms. The Balaban J connectivity index is 1.18. The number of aromatic nitrogens is 2. The van der Waals surface area contributed by atoms with Crippen molar-refractivity contribution in [1.82, 2.24) is 20.2 Å². The van der Waals surface area contributed by atoms with Gasteiger partial charge in [-0.2, -0.15) is 0 Å². The zero-order valence-corrected chi connectivity index (χ0v) is 21.2. The molecule has 36 heavy (non-hydrogen) atoms. The summed E-state index contributed by atoms with van der Waals surface area (Å²) < 4.78 is 0. The van der Waals surface area contributed by atoms with Gasteiger partial charge in [-0.1, -0.05) is 35.9 Å². The van der Waals surface area contributed by atoms with E-state index in [0.29, 0.717) is 24.0 Å². The van der Waals surface area contributed by atoms with Crippen LogP contribution in [0.15, 0.2) is 60.3 Å². The first-order chi connectivity index (χ1) is 17.5. The van der Waals surface area contributed by atoms with E-state index in [0.717, 1.165) is 61.7 Å². The van der Waals surface area contributed by atoms with Gasteiger partial charge in [0, 0.05) is 42.8 Å². The highest BCUT2D eigenvalue weighted by Crippen LogP contribution is 2.33. The van der Waals surface area contributed by atoms with E-state index in [1.165, 1.54) is 12.0 Å². The second kappa shape index (κ2) is 12.7. The van der Waals surface area contributed by atoms with Gasteiger partial charge >= 0.3 is 0 Å². The largest absolute Gasteiger partial charge is 0.395 e. The summed E-state index contributed by atoms with van der Waals surface area (Å²) in [5, 5.41) is 13.8. The molecule has 2 aromatic heterocycles. The Bertz CT molecular complexity index is 1120. The zero-order chi connectivity index (χ0) is 25.3. The third-order valence-corrected chi connectivity index (χ3v) is 7.31. The maximum absolute atomic E-state index is 12.5. The van der Waals surface area contributed by atoms with Gasteiger partial charge in [0.2, 0.25) is 0 Å². The van der Waals surface area contributed by atoms with Crippen LogP contribution in [0.25, 0.3) is 10.9 Å². The molecule has 7 nitrogen and oxygen atoms in total. The van der Waals surface area contributed by atoms with Crippen molar-refractivity contribution in [3.05, 3.63) is 71.6 Å². The summed E-state index contributed by atoms with van der Waals surface area (Å²) in [4.78, 5) is 22.2. The van der Waals surface area contributed by atoms with Crippen LogP contribution in [0.4, 0.5) is 5.82 Å². The van der Waals surface area contributed by atoms with E-state index < -0.39 is 0 Å². The molecule has 0 radical (unpaired) electrons.